The predicted molar refractivity (Wildman–Crippen MR) is 118 cm³/mol. The second-order valence-corrected chi connectivity index (χ2v) is 8.17. The van der Waals surface area contributed by atoms with Crippen LogP contribution in [0.4, 0.5) is 0 Å². The third-order valence-electron chi connectivity index (χ3n) is 4.70. The molecule has 2 atom stereocenters. The van der Waals surface area contributed by atoms with E-state index in [1.165, 1.54) is 17.6 Å². The molecule has 1 nitrogen and oxygen atoms in total. The molecule has 144 valence electrons. The maximum absolute atomic E-state index is 3.69. The quantitative estimate of drug-likeness (QED) is 0.420. The maximum atomic E-state index is 3.69. The maximum Gasteiger partial charge on any atom is 0.0288 e. The summed E-state index contributed by atoms with van der Waals surface area (Å²) >= 11 is 0. The molecule has 1 aliphatic carbocycles. The molecule has 0 aliphatic heterocycles. The lowest BCUT2D eigenvalue weighted by atomic mass is 9.87. The van der Waals surface area contributed by atoms with Gasteiger partial charge in [-0.2, -0.15) is 0 Å². The Morgan fingerprint density at radius 2 is 2.00 bits per heavy atom. The predicted octanol–water partition coefficient (Wildman–Crippen LogP) is 6.93. The Morgan fingerprint density at radius 3 is 2.69 bits per heavy atom. The standard InChI is InChI=1S/C25H39N/c1-7-8-9-10-11-12-14-22(3)20-25(5,6)17-18-26-23(4)24-16-13-15-21(2)19-24/h8-14,16,19-21,23,26H,7,15,17-18H2,1-6H3/b9-8+,11-10-,14-12-,22-20-. The van der Waals surface area contributed by atoms with E-state index in [1.54, 1.807) is 0 Å². The third kappa shape index (κ3) is 9.77. The van der Waals surface area contributed by atoms with Crippen molar-refractivity contribution in [1.82, 2.24) is 5.32 Å². The monoisotopic (exact) mass is 353 g/mol. The van der Waals surface area contributed by atoms with Crippen LogP contribution in [-0.4, -0.2) is 12.6 Å². The summed E-state index contributed by atoms with van der Waals surface area (Å²) in [7, 11) is 0. The highest BCUT2D eigenvalue weighted by molar-refractivity contribution is 5.28. The fourth-order valence-corrected chi connectivity index (χ4v) is 3.18. The van der Waals surface area contributed by atoms with Crippen LogP contribution < -0.4 is 5.32 Å². The van der Waals surface area contributed by atoms with Gasteiger partial charge in [0.1, 0.15) is 0 Å². The fraction of sp³-hybridized carbons (Fsp3) is 0.520. The number of hydrogen-bond acceptors (Lipinski definition) is 1. The smallest absolute Gasteiger partial charge is 0.0288 e. The summed E-state index contributed by atoms with van der Waals surface area (Å²) in [5, 5.41) is 3.69. The van der Waals surface area contributed by atoms with Crippen molar-refractivity contribution in [3.63, 3.8) is 0 Å². The third-order valence-corrected chi connectivity index (χ3v) is 4.70. The van der Waals surface area contributed by atoms with Crippen molar-refractivity contribution >= 4 is 0 Å². The zero-order valence-corrected chi connectivity index (χ0v) is 17.8. The van der Waals surface area contributed by atoms with Crippen LogP contribution in [0, 0.1) is 11.3 Å². The van der Waals surface area contributed by atoms with Gasteiger partial charge in [-0.3, -0.25) is 0 Å². The summed E-state index contributed by atoms with van der Waals surface area (Å²) in [4.78, 5) is 0. The van der Waals surface area contributed by atoms with Gasteiger partial charge in [0.15, 0.2) is 0 Å². The lowest BCUT2D eigenvalue weighted by Gasteiger charge is -2.24. The van der Waals surface area contributed by atoms with Crippen LogP contribution in [0.2, 0.25) is 0 Å². The Kier molecular flexibility index (Phi) is 10.3. The summed E-state index contributed by atoms with van der Waals surface area (Å²) in [5.74, 6) is 0.666. The molecule has 1 aliphatic rings. The Balaban J connectivity index is 2.44. The van der Waals surface area contributed by atoms with Crippen molar-refractivity contribution in [3.05, 3.63) is 71.9 Å². The van der Waals surface area contributed by atoms with E-state index in [-0.39, 0.29) is 5.41 Å². The molecule has 0 amide bonds. The normalized spacial score (nSPS) is 20.5. The zero-order chi connectivity index (χ0) is 19.4. The van der Waals surface area contributed by atoms with E-state index in [4.69, 9.17) is 0 Å². The van der Waals surface area contributed by atoms with Crippen LogP contribution in [-0.2, 0) is 0 Å². The molecule has 2 unspecified atom stereocenters. The van der Waals surface area contributed by atoms with Crippen molar-refractivity contribution in [3.8, 4) is 0 Å². The van der Waals surface area contributed by atoms with Gasteiger partial charge >= 0.3 is 0 Å². The lowest BCUT2D eigenvalue weighted by Crippen LogP contribution is -2.31. The van der Waals surface area contributed by atoms with Crippen LogP contribution in [0.1, 0.15) is 60.8 Å². The van der Waals surface area contributed by atoms with E-state index in [9.17, 15) is 0 Å². The highest BCUT2D eigenvalue weighted by atomic mass is 14.9. The molecule has 1 N–H and O–H groups in total. The van der Waals surface area contributed by atoms with Gasteiger partial charge in [-0.15, -0.1) is 0 Å². The van der Waals surface area contributed by atoms with Gasteiger partial charge in [0, 0.05) is 6.04 Å². The van der Waals surface area contributed by atoms with Gasteiger partial charge in [0.25, 0.3) is 0 Å². The van der Waals surface area contributed by atoms with E-state index < -0.39 is 0 Å². The molecule has 0 aromatic heterocycles. The van der Waals surface area contributed by atoms with Crippen molar-refractivity contribution in [2.45, 2.75) is 66.8 Å². The molecule has 0 spiro atoms. The minimum atomic E-state index is 0.192. The minimum Gasteiger partial charge on any atom is -0.310 e. The SMILES string of the molecule is CC/C=C/C=C\C=C/C(C)=C\C(C)(C)CCNC(C)C1=CC(C)CC=C1. The first-order chi connectivity index (χ1) is 12.3. The average Bonchev–Trinajstić information content (AvgIpc) is 2.57. The van der Waals surface area contributed by atoms with Crippen molar-refractivity contribution in [2.24, 2.45) is 11.3 Å². The molecule has 0 heterocycles. The summed E-state index contributed by atoms with van der Waals surface area (Å²) < 4.78 is 0. The van der Waals surface area contributed by atoms with E-state index in [0.717, 1.165) is 19.4 Å². The van der Waals surface area contributed by atoms with Crippen molar-refractivity contribution in [1.29, 1.82) is 0 Å². The van der Waals surface area contributed by atoms with Crippen LogP contribution in [0.15, 0.2) is 71.9 Å². The molecule has 0 aromatic rings. The topological polar surface area (TPSA) is 12.0 Å². The number of allylic oxidation sites excluding steroid dienone is 10. The molecule has 0 aromatic carbocycles. The van der Waals surface area contributed by atoms with Gasteiger partial charge in [0.05, 0.1) is 0 Å². The molecular weight excluding hydrogens is 314 g/mol. The van der Waals surface area contributed by atoms with Gasteiger partial charge in [-0.05, 0) is 56.6 Å². The first-order valence-corrected chi connectivity index (χ1v) is 10.1. The largest absolute Gasteiger partial charge is 0.310 e. The van der Waals surface area contributed by atoms with E-state index >= 15 is 0 Å². The fourth-order valence-electron chi connectivity index (χ4n) is 3.18. The number of rotatable bonds is 10. The molecule has 1 rings (SSSR count). The molecule has 0 saturated carbocycles. The highest BCUT2D eigenvalue weighted by Gasteiger charge is 2.16. The molecule has 26 heavy (non-hydrogen) atoms. The minimum absolute atomic E-state index is 0.192. The molecule has 0 saturated heterocycles. The Labute approximate surface area is 162 Å². The number of hydrogen-bond donors (Lipinski definition) is 1. The molecule has 1 heteroatoms. The van der Waals surface area contributed by atoms with Crippen molar-refractivity contribution < 1.29 is 0 Å². The summed E-state index contributed by atoms with van der Waals surface area (Å²) in [6.45, 7) is 14.6. The Hall–Kier alpha value is -1.60. The summed E-state index contributed by atoms with van der Waals surface area (Å²) in [6.07, 6.45) is 25.5. The van der Waals surface area contributed by atoms with Crippen LogP contribution in [0.3, 0.4) is 0 Å². The van der Waals surface area contributed by atoms with E-state index in [2.05, 4.69) is 108 Å². The van der Waals surface area contributed by atoms with E-state index in [1.807, 2.05) is 0 Å². The highest BCUT2D eigenvalue weighted by Crippen LogP contribution is 2.24. The van der Waals surface area contributed by atoms with Crippen LogP contribution in [0.5, 0.6) is 0 Å². The molecule has 0 radical (unpaired) electrons. The first-order valence-electron chi connectivity index (χ1n) is 10.1. The first kappa shape index (κ1) is 22.4. The Bertz CT molecular complexity index is 581. The van der Waals surface area contributed by atoms with E-state index in [0.29, 0.717) is 12.0 Å². The second kappa shape index (κ2) is 11.9. The lowest BCUT2D eigenvalue weighted by molar-refractivity contribution is 0.410. The molecule has 0 bridgehead atoms. The summed E-state index contributed by atoms with van der Waals surface area (Å²) in [6, 6.07) is 0.427. The average molecular weight is 354 g/mol. The second-order valence-electron chi connectivity index (χ2n) is 8.17. The van der Waals surface area contributed by atoms with Gasteiger partial charge in [-0.25, -0.2) is 0 Å². The van der Waals surface area contributed by atoms with Gasteiger partial charge in [-0.1, -0.05) is 94.0 Å². The van der Waals surface area contributed by atoms with Crippen molar-refractivity contribution in [2.75, 3.05) is 6.54 Å². The molecule has 0 fully saturated rings. The van der Waals surface area contributed by atoms with Gasteiger partial charge < -0.3 is 5.32 Å². The summed E-state index contributed by atoms with van der Waals surface area (Å²) in [5.41, 5.74) is 2.94. The molecular formula is C25H39N. The zero-order valence-electron chi connectivity index (χ0n) is 17.8. The van der Waals surface area contributed by atoms with Crippen LogP contribution in [0.25, 0.3) is 0 Å². The Morgan fingerprint density at radius 1 is 1.27 bits per heavy atom. The van der Waals surface area contributed by atoms with Crippen LogP contribution >= 0.6 is 0 Å². The van der Waals surface area contributed by atoms with Gasteiger partial charge in [0.2, 0.25) is 0 Å². The number of nitrogens with one attached hydrogen (secondary N) is 1.